The molecule has 2 heterocycles. The monoisotopic (exact) mass is 294 g/mol. The van der Waals surface area contributed by atoms with E-state index in [1.807, 2.05) is 19.3 Å². The van der Waals surface area contributed by atoms with Crippen molar-refractivity contribution in [2.45, 2.75) is 44.8 Å². The normalized spacial score (nSPS) is 18.0. The van der Waals surface area contributed by atoms with Crippen LogP contribution in [0.4, 0.5) is 0 Å². The molecule has 1 aliphatic heterocycles. The van der Waals surface area contributed by atoms with Gasteiger partial charge >= 0.3 is 5.97 Å². The van der Waals surface area contributed by atoms with Crippen LogP contribution < -0.4 is 5.32 Å². The van der Waals surface area contributed by atoms with Crippen molar-refractivity contribution in [3.63, 3.8) is 0 Å². The minimum atomic E-state index is -0.576. The number of fused-ring (bicyclic) bond motifs is 1. The number of carbonyl (C=O) groups excluding carboxylic acids is 1. The molecule has 0 spiro atoms. The van der Waals surface area contributed by atoms with Crippen molar-refractivity contribution in [3.8, 4) is 0 Å². The van der Waals surface area contributed by atoms with Crippen LogP contribution in [-0.4, -0.2) is 53.2 Å². The van der Waals surface area contributed by atoms with Crippen LogP contribution in [0, 0.1) is 0 Å². The third kappa shape index (κ3) is 3.83. The number of likely N-dealkylation sites (N-methyl/N-ethyl adjacent to an activating group) is 1. The molecule has 6 heteroatoms. The van der Waals surface area contributed by atoms with E-state index in [0.29, 0.717) is 0 Å². The van der Waals surface area contributed by atoms with Gasteiger partial charge in [0.2, 0.25) is 0 Å². The summed E-state index contributed by atoms with van der Waals surface area (Å²) < 4.78 is 7.07. The van der Waals surface area contributed by atoms with Gasteiger partial charge in [0.15, 0.2) is 0 Å². The van der Waals surface area contributed by atoms with E-state index in [9.17, 15) is 4.79 Å². The highest BCUT2D eigenvalue weighted by molar-refractivity contribution is 5.80. The number of nitrogens with one attached hydrogen (secondary N) is 1. The SMILES string of the molecule is CNC(C)(CCCCN1CCn2ccnc2C1)C(=O)OC. The van der Waals surface area contributed by atoms with Crippen LogP contribution in [-0.2, 0) is 22.6 Å². The van der Waals surface area contributed by atoms with Crippen molar-refractivity contribution in [1.29, 1.82) is 0 Å². The number of nitrogens with zero attached hydrogens (tertiary/aromatic N) is 3. The number of hydrogen-bond donors (Lipinski definition) is 1. The van der Waals surface area contributed by atoms with Crippen molar-refractivity contribution in [2.24, 2.45) is 0 Å². The lowest BCUT2D eigenvalue weighted by Gasteiger charge is -2.29. The highest BCUT2D eigenvalue weighted by Crippen LogP contribution is 2.17. The van der Waals surface area contributed by atoms with Crippen LogP contribution >= 0.6 is 0 Å². The second-order valence-electron chi connectivity index (χ2n) is 5.84. The van der Waals surface area contributed by atoms with E-state index in [1.165, 1.54) is 7.11 Å². The van der Waals surface area contributed by atoms with Crippen LogP contribution in [0.5, 0.6) is 0 Å². The van der Waals surface area contributed by atoms with Gasteiger partial charge in [-0.1, -0.05) is 0 Å². The summed E-state index contributed by atoms with van der Waals surface area (Å²) in [5, 5.41) is 3.08. The summed E-state index contributed by atoms with van der Waals surface area (Å²) in [4.78, 5) is 18.6. The fourth-order valence-electron chi connectivity index (χ4n) is 2.78. The molecule has 0 saturated heterocycles. The fourth-order valence-corrected chi connectivity index (χ4v) is 2.78. The minimum Gasteiger partial charge on any atom is -0.468 e. The zero-order chi connectivity index (χ0) is 15.3. The average molecular weight is 294 g/mol. The Hall–Kier alpha value is -1.40. The molecule has 21 heavy (non-hydrogen) atoms. The van der Waals surface area contributed by atoms with Gasteiger partial charge < -0.3 is 14.6 Å². The van der Waals surface area contributed by atoms with Gasteiger partial charge in [-0.25, -0.2) is 4.98 Å². The first-order valence-electron chi connectivity index (χ1n) is 7.59. The maximum absolute atomic E-state index is 11.8. The van der Waals surface area contributed by atoms with Crippen molar-refractivity contribution >= 4 is 5.97 Å². The standard InChI is InChI=1S/C15H26N4O2/c1-15(16-2,14(20)21-3)6-4-5-8-18-10-11-19-9-7-17-13(19)12-18/h7,9,16H,4-6,8,10-12H2,1-3H3. The summed E-state index contributed by atoms with van der Waals surface area (Å²) in [6.45, 7) is 5.97. The fraction of sp³-hybridized carbons (Fsp3) is 0.733. The third-order valence-corrected chi connectivity index (χ3v) is 4.41. The van der Waals surface area contributed by atoms with Crippen LogP contribution in [0.3, 0.4) is 0 Å². The Morgan fingerprint density at radius 3 is 3.00 bits per heavy atom. The van der Waals surface area contributed by atoms with E-state index in [1.54, 1.807) is 7.05 Å². The maximum Gasteiger partial charge on any atom is 0.325 e. The van der Waals surface area contributed by atoms with E-state index in [4.69, 9.17) is 4.74 Å². The number of ether oxygens (including phenoxy) is 1. The number of hydrogen-bond acceptors (Lipinski definition) is 5. The lowest BCUT2D eigenvalue weighted by Crippen LogP contribution is -2.48. The Kier molecular flexibility index (Phi) is 5.36. The number of imidazole rings is 1. The van der Waals surface area contributed by atoms with Crippen LogP contribution in [0.25, 0.3) is 0 Å². The maximum atomic E-state index is 11.8. The third-order valence-electron chi connectivity index (χ3n) is 4.41. The van der Waals surface area contributed by atoms with Crippen molar-refractivity contribution < 1.29 is 9.53 Å². The predicted molar refractivity (Wildman–Crippen MR) is 80.8 cm³/mol. The molecule has 0 bridgehead atoms. The Morgan fingerprint density at radius 2 is 2.29 bits per heavy atom. The van der Waals surface area contributed by atoms with Crippen LogP contribution in [0.2, 0.25) is 0 Å². The molecular formula is C15H26N4O2. The number of methoxy groups -OCH3 is 1. The van der Waals surface area contributed by atoms with E-state index in [0.717, 1.165) is 51.3 Å². The minimum absolute atomic E-state index is 0.190. The molecule has 1 unspecified atom stereocenters. The van der Waals surface area contributed by atoms with Crippen LogP contribution in [0.1, 0.15) is 32.0 Å². The van der Waals surface area contributed by atoms with E-state index >= 15 is 0 Å². The molecule has 1 atom stereocenters. The van der Waals surface area contributed by atoms with E-state index in [2.05, 4.69) is 19.8 Å². The van der Waals surface area contributed by atoms with Crippen molar-refractivity contribution in [3.05, 3.63) is 18.2 Å². The zero-order valence-corrected chi connectivity index (χ0v) is 13.3. The molecule has 0 saturated carbocycles. The summed E-state index contributed by atoms with van der Waals surface area (Å²) in [5.41, 5.74) is -0.576. The van der Waals surface area contributed by atoms with Gasteiger partial charge in [-0.15, -0.1) is 0 Å². The quantitative estimate of drug-likeness (QED) is 0.601. The Bertz CT molecular complexity index is 474. The van der Waals surface area contributed by atoms with E-state index < -0.39 is 5.54 Å². The molecule has 0 aliphatic carbocycles. The largest absolute Gasteiger partial charge is 0.468 e. The summed E-state index contributed by atoms with van der Waals surface area (Å²) in [5.74, 6) is 0.959. The van der Waals surface area contributed by atoms with Crippen molar-refractivity contribution in [2.75, 3.05) is 27.2 Å². The van der Waals surface area contributed by atoms with Crippen LogP contribution in [0.15, 0.2) is 12.4 Å². The topological polar surface area (TPSA) is 59.4 Å². The lowest BCUT2D eigenvalue weighted by molar-refractivity contribution is -0.148. The first-order valence-corrected chi connectivity index (χ1v) is 7.59. The molecule has 6 nitrogen and oxygen atoms in total. The highest BCUT2D eigenvalue weighted by Gasteiger charge is 2.31. The molecule has 0 aromatic carbocycles. The number of carbonyl (C=O) groups is 1. The number of rotatable bonds is 7. The molecule has 2 rings (SSSR count). The molecule has 118 valence electrons. The van der Waals surface area contributed by atoms with Gasteiger partial charge in [0.1, 0.15) is 11.4 Å². The van der Waals surface area contributed by atoms with Gasteiger partial charge in [-0.2, -0.15) is 0 Å². The summed E-state index contributed by atoms with van der Waals surface area (Å²) in [6, 6.07) is 0. The van der Waals surface area contributed by atoms with Gasteiger partial charge in [-0.05, 0) is 39.8 Å². The molecule has 0 fully saturated rings. The first kappa shape index (κ1) is 16.0. The van der Waals surface area contributed by atoms with Gasteiger partial charge in [0.25, 0.3) is 0 Å². The summed E-state index contributed by atoms with van der Waals surface area (Å²) in [6.07, 6.45) is 6.78. The zero-order valence-electron chi connectivity index (χ0n) is 13.3. The smallest absolute Gasteiger partial charge is 0.325 e. The van der Waals surface area contributed by atoms with Gasteiger partial charge in [-0.3, -0.25) is 9.69 Å². The molecule has 1 aliphatic rings. The molecular weight excluding hydrogens is 268 g/mol. The number of aromatic nitrogens is 2. The van der Waals surface area contributed by atoms with E-state index in [-0.39, 0.29) is 5.97 Å². The molecule has 0 radical (unpaired) electrons. The van der Waals surface area contributed by atoms with Gasteiger partial charge in [0, 0.05) is 25.5 Å². The second-order valence-corrected chi connectivity index (χ2v) is 5.84. The number of esters is 1. The molecule has 0 amide bonds. The predicted octanol–water partition coefficient (Wildman–Crippen LogP) is 1.02. The molecule has 1 aromatic rings. The molecule has 1 N–H and O–H groups in total. The Morgan fingerprint density at radius 1 is 1.48 bits per heavy atom. The summed E-state index contributed by atoms with van der Waals surface area (Å²) >= 11 is 0. The van der Waals surface area contributed by atoms with Gasteiger partial charge in [0.05, 0.1) is 13.7 Å². The first-order chi connectivity index (χ1) is 10.1. The lowest BCUT2D eigenvalue weighted by atomic mass is 9.95. The average Bonchev–Trinajstić information content (AvgIpc) is 2.98. The highest BCUT2D eigenvalue weighted by atomic mass is 16.5. The Balaban J connectivity index is 1.72. The Labute approximate surface area is 126 Å². The van der Waals surface area contributed by atoms with Crippen molar-refractivity contribution in [1.82, 2.24) is 19.8 Å². The second kappa shape index (κ2) is 7.04. The molecule has 1 aromatic heterocycles. The summed E-state index contributed by atoms with van der Waals surface area (Å²) in [7, 11) is 3.25. The number of unbranched alkanes of at least 4 members (excludes halogenated alkanes) is 1.